The molecule has 0 atom stereocenters. The van der Waals surface area contributed by atoms with Gasteiger partial charge < -0.3 is 14.5 Å². The Kier molecular flexibility index (Phi) is 4.15. The summed E-state index contributed by atoms with van der Waals surface area (Å²) in [4.78, 5) is 9.90. The lowest BCUT2D eigenvalue weighted by atomic mass is 10.2. The summed E-state index contributed by atoms with van der Waals surface area (Å²) < 4.78 is 10.5. The highest BCUT2D eigenvalue weighted by Gasteiger charge is 2.11. The average Bonchev–Trinajstić information content (AvgIpc) is 2.86. The zero-order valence-corrected chi connectivity index (χ0v) is 10.5. The molecular formula is C13H14N2O4. The van der Waals surface area contributed by atoms with Crippen molar-refractivity contribution in [3.8, 4) is 5.75 Å². The van der Waals surface area contributed by atoms with Gasteiger partial charge in [0.2, 0.25) is 0 Å². The molecule has 100 valence electrons. The van der Waals surface area contributed by atoms with E-state index in [1.165, 1.54) is 12.1 Å². The van der Waals surface area contributed by atoms with Gasteiger partial charge in [-0.15, -0.1) is 0 Å². The number of nitrogens with zero attached hydrogens (tertiary/aromatic N) is 1. The lowest BCUT2D eigenvalue weighted by Crippen LogP contribution is -2.05. The fourth-order valence-corrected chi connectivity index (χ4v) is 1.65. The number of nitrogens with one attached hydrogen (secondary N) is 1. The molecule has 0 aliphatic rings. The third kappa shape index (κ3) is 3.56. The second kappa shape index (κ2) is 6.01. The number of furan rings is 1. The summed E-state index contributed by atoms with van der Waals surface area (Å²) in [7, 11) is 1.87. The molecule has 1 heterocycles. The number of hydrogen-bond acceptors (Lipinski definition) is 5. The first kappa shape index (κ1) is 13.1. The van der Waals surface area contributed by atoms with Gasteiger partial charge in [0.15, 0.2) is 0 Å². The molecule has 19 heavy (non-hydrogen) atoms. The van der Waals surface area contributed by atoms with Crippen molar-refractivity contribution in [2.45, 2.75) is 13.2 Å². The summed E-state index contributed by atoms with van der Waals surface area (Å²) in [5.74, 6) is 0.847. The van der Waals surface area contributed by atoms with E-state index in [2.05, 4.69) is 5.32 Å². The van der Waals surface area contributed by atoms with Crippen molar-refractivity contribution in [1.29, 1.82) is 0 Å². The minimum atomic E-state index is -0.572. The van der Waals surface area contributed by atoms with Crippen molar-refractivity contribution in [1.82, 2.24) is 5.32 Å². The van der Waals surface area contributed by atoms with Crippen molar-refractivity contribution in [3.05, 3.63) is 57.8 Å². The zero-order valence-electron chi connectivity index (χ0n) is 10.5. The fraction of sp³-hybridized carbons (Fsp3) is 0.231. The second-order valence-corrected chi connectivity index (χ2v) is 3.96. The Bertz CT molecular complexity index is 565. The van der Waals surface area contributed by atoms with Crippen LogP contribution < -0.4 is 10.1 Å². The topological polar surface area (TPSA) is 77.5 Å². The smallest absolute Gasteiger partial charge is 0.433 e. The predicted molar refractivity (Wildman–Crippen MR) is 68.9 cm³/mol. The lowest BCUT2D eigenvalue weighted by Gasteiger charge is -2.06. The molecule has 1 aromatic heterocycles. The molecule has 0 spiro atoms. The molecule has 2 rings (SSSR count). The van der Waals surface area contributed by atoms with Crippen molar-refractivity contribution in [2.24, 2.45) is 0 Å². The van der Waals surface area contributed by atoms with Gasteiger partial charge in [-0.2, -0.15) is 0 Å². The maximum Gasteiger partial charge on any atom is 0.433 e. The van der Waals surface area contributed by atoms with Crippen molar-refractivity contribution in [2.75, 3.05) is 7.05 Å². The maximum atomic E-state index is 10.5. The number of rotatable bonds is 6. The van der Waals surface area contributed by atoms with Gasteiger partial charge in [-0.25, -0.2) is 0 Å². The molecule has 6 heteroatoms. The van der Waals surface area contributed by atoms with Gasteiger partial charge in [0.05, 0.1) is 6.07 Å². The first-order valence-electron chi connectivity index (χ1n) is 5.78. The van der Waals surface area contributed by atoms with Crippen LogP contribution in [0.25, 0.3) is 0 Å². The molecule has 0 fully saturated rings. The number of hydrogen-bond donors (Lipinski definition) is 1. The van der Waals surface area contributed by atoms with Crippen LogP contribution in [0.1, 0.15) is 11.3 Å². The van der Waals surface area contributed by atoms with E-state index in [1.807, 2.05) is 31.3 Å². The Labute approximate surface area is 110 Å². The van der Waals surface area contributed by atoms with Crippen LogP contribution in [-0.2, 0) is 13.2 Å². The Morgan fingerprint density at radius 1 is 1.37 bits per heavy atom. The Morgan fingerprint density at radius 2 is 2.21 bits per heavy atom. The summed E-state index contributed by atoms with van der Waals surface area (Å²) in [6.45, 7) is 0.917. The van der Waals surface area contributed by atoms with E-state index >= 15 is 0 Å². The number of nitro groups is 1. The minimum absolute atomic E-state index is 0.164. The average molecular weight is 262 g/mol. The Hall–Kier alpha value is -2.34. The zero-order chi connectivity index (χ0) is 13.7. The molecule has 0 aliphatic carbocycles. The monoisotopic (exact) mass is 262 g/mol. The van der Waals surface area contributed by atoms with Crippen LogP contribution in [0, 0.1) is 10.1 Å². The van der Waals surface area contributed by atoms with Crippen LogP contribution >= 0.6 is 0 Å². The summed E-state index contributed by atoms with van der Waals surface area (Å²) in [5.41, 5.74) is 1.10. The van der Waals surface area contributed by atoms with E-state index in [0.717, 1.165) is 12.1 Å². The normalized spacial score (nSPS) is 10.4. The molecule has 0 amide bonds. The quantitative estimate of drug-likeness (QED) is 0.639. The molecule has 1 N–H and O–H groups in total. The van der Waals surface area contributed by atoms with E-state index in [4.69, 9.17) is 9.15 Å². The number of ether oxygens (including phenoxy) is 1. The molecule has 0 radical (unpaired) electrons. The van der Waals surface area contributed by atoms with E-state index < -0.39 is 4.92 Å². The highest BCUT2D eigenvalue weighted by atomic mass is 16.6. The first-order chi connectivity index (χ1) is 9.19. The Balaban J connectivity index is 1.97. The summed E-state index contributed by atoms with van der Waals surface area (Å²) in [6.07, 6.45) is 0. The van der Waals surface area contributed by atoms with E-state index in [9.17, 15) is 10.1 Å². The van der Waals surface area contributed by atoms with Crippen LogP contribution in [0.15, 0.2) is 40.8 Å². The van der Waals surface area contributed by atoms with E-state index in [-0.39, 0.29) is 12.5 Å². The van der Waals surface area contributed by atoms with Crippen LogP contribution in [0.2, 0.25) is 0 Å². The maximum absolute atomic E-state index is 10.5. The largest absolute Gasteiger partial charge is 0.486 e. The molecule has 0 bridgehead atoms. The van der Waals surface area contributed by atoms with E-state index in [1.54, 1.807) is 0 Å². The van der Waals surface area contributed by atoms with Crippen molar-refractivity contribution in [3.63, 3.8) is 0 Å². The van der Waals surface area contributed by atoms with Crippen LogP contribution in [-0.4, -0.2) is 12.0 Å². The third-order valence-electron chi connectivity index (χ3n) is 2.49. The summed E-state index contributed by atoms with van der Waals surface area (Å²) in [5, 5.41) is 13.5. The summed E-state index contributed by atoms with van der Waals surface area (Å²) in [6, 6.07) is 10.5. The third-order valence-corrected chi connectivity index (χ3v) is 2.49. The highest BCUT2D eigenvalue weighted by Crippen LogP contribution is 2.19. The predicted octanol–water partition coefficient (Wildman–Crippen LogP) is 2.49. The van der Waals surface area contributed by atoms with Gasteiger partial charge in [-0.3, -0.25) is 10.1 Å². The van der Waals surface area contributed by atoms with Gasteiger partial charge in [0.1, 0.15) is 23.0 Å². The fourth-order valence-electron chi connectivity index (χ4n) is 1.65. The molecule has 0 aliphatic heterocycles. The molecule has 0 saturated carbocycles. The van der Waals surface area contributed by atoms with Gasteiger partial charge in [0.25, 0.3) is 0 Å². The van der Waals surface area contributed by atoms with E-state index in [0.29, 0.717) is 11.5 Å². The molecule has 0 saturated heterocycles. The SMILES string of the molecule is CNCc1cccc(OCc2ccc([N+](=O)[O-])o2)c1. The van der Waals surface area contributed by atoms with Gasteiger partial charge in [-0.05, 0) is 30.8 Å². The molecule has 1 aromatic carbocycles. The lowest BCUT2D eigenvalue weighted by molar-refractivity contribution is -0.402. The molecule has 2 aromatic rings. The van der Waals surface area contributed by atoms with Crippen LogP contribution in [0.4, 0.5) is 5.88 Å². The van der Waals surface area contributed by atoms with Gasteiger partial charge in [0, 0.05) is 6.54 Å². The molecule has 0 unspecified atom stereocenters. The first-order valence-corrected chi connectivity index (χ1v) is 5.78. The van der Waals surface area contributed by atoms with Gasteiger partial charge >= 0.3 is 5.88 Å². The van der Waals surface area contributed by atoms with Crippen LogP contribution in [0.5, 0.6) is 5.75 Å². The second-order valence-electron chi connectivity index (χ2n) is 3.96. The van der Waals surface area contributed by atoms with Crippen molar-refractivity contribution < 1.29 is 14.1 Å². The number of benzene rings is 1. The molecular weight excluding hydrogens is 248 g/mol. The summed E-state index contributed by atoms with van der Waals surface area (Å²) >= 11 is 0. The standard InChI is InChI=1S/C13H14N2O4/c1-14-8-10-3-2-4-11(7-10)18-9-12-5-6-13(19-12)15(16)17/h2-7,14H,8-9H2,1H3. The highest BCUT2D eigenvalue weighted by molar-refractivity contribution is 5.28. The van der Waals surface area contributed by atoms with Crippen LogP contribution in [0.3, 0.4) is 0 Å². The van der Waals surface area contributed by atoms with Crippen molar-refractivity contribution >= 4 is 5.88 Å². The minimum Gasteiger partial charge on any atom is -0.486 e. The molecule has 6 nitrogen and oxygen atoms in total. The Morgan fingerprint density at radius 3 is 2.89 bits per heavy atom. The van der Waals surface area contributed by atoms with Gasteiger partial charge in [-0.1, -0.05) is 12.1 Å².